The largest absolute Gasteiger partial charge is 0.481 e. The smallest absolute Gasteiger partial charge is 0.341 e. The lowest BCUT2D eigenvalue weighted by Crippen LogP contribution is -2.10. The van der Waals surface area contributed by atoms with Crippen molar-refractivity contribution in [3.8, 4) is 5.75 Å². The Morgan fingerprint density at radius 2 is 2.14 bits per heavy atom. The van der Waals surface area contributed by atoms with Gasteiger partial charge in [-0.05, 0) is 12.1 Å². The van der Waals surface area contributed by atoms with Crippen molar-refractivity contribution in [3.05, 3.63) is 24.3 Å². The molecule has 76 valence electrons. The molecular weight excluding hydrogens is 204 g/mol. The Kier molecular flexibility index (Phi) is 3.64. The number of para-hydroxylation sites is 1. The summed E-state index contributed by atoms with van der Waals surface area (Å²) >= 11 is 0. The van der Waals surface area contributed by atoms with Gasteiger partial charge in [0.15, 0.2) is 6.61 Å². The van der Waals surface area contributed by atoms with Gasteiger partial charge >= 0.3 is 5.97 Å². The number of aliphatic carboxylic acids is 1. The number of benzene rings is 1. The van der Waals surface area contributed by atoms with Crippen LogP contribution in [-0.2, 0) is 15.6 Å². The van der Waals surface area contributed by atoms with Gasteiger partial charge in [-0.25, -0.2) is 4.79 Å². The molecule has 0 radical (unpaired) electrons. The quantitative estimate of drug-likeness (QED) is 0.808. The number of carboxylic acids is 1. The molecule has 0 aliphatic rings. The average Bonchev–Trinajstić information content (AvgIpc) is 2.15. The minimum absolute atomic E-state index is 0.357. The summed E-state index contributed by atoms with van der Waals surface area (Å²) in [5.74, 6) is -0.697. The van der Waals surface area contributed by atoms with Crippen LogP contribution < -0.4 is 4.74 Å². The molecule has 5 heteroatoms. The standard InChI is InChI=1S/C9H10O4S/c1-14(12)8-5-3-2-4-7(8)13-6-9(10)11/h2-5H,6H2,1H3,(H,10,11). The predicted molar refractivity (Wildman–Crippen MR) is 51.9 cm³/mol. The van der Waals surface area contributed by atoms with Crippen molar-refractivity contribution in [3.63, 3.8) is 0 Å². The van der Waals surface area contributed by atoms with E-state index < -0.39 is 23.4 Å². The van der Waals surface area contributed by atoms with E-state index in [1.165, 1.54) is 6.26 Å². The first-order valence-electron chi connectivity index (χ1n) is 3.88. The summed E-state index contributed by atoms with van der Waals surface area (Å²) in [5, 5.41) is 8.40. The summed E-state index contributed by atoms with van der Waals surface area (Å²) < 4.78 is 16.2. The molecule has 14 heavy (non-hydrogen) atoms. The fourth-order valence-electron chi connectivity index (χ4n) is 0.946. The first kappa shape index (κ1) is 10.7. The fourth-order valence-corrected chi connectivity index (χ4v) is 1.63. The van der Waals surface area contributed by atoms with Gasteiger partial charge in [-0.1, -0.05) is 12.1 Å². The predicted octanol–water partition coefficient (Wildman–Crippen LogP) is 0.887. The molecule has 0 spiro atoms. The van der Waals surface area contributed by atoms with Crippen LogP contribution in [0.15, 0.2) is 29.2 Å². The molecule has 1 unspecified atom stereocenters. The minimum atomic E-state index is -1.17. The minimum Gasteiger partial charge on any atom is -0.481 e. The van der Waals surface area contributed by atoms with Gasteiger partial charge < -0.3 is 9.84 Å². The first-order chi connectivity index (χ1) is 6.61. The van der Waals surface area contributed by atoms with Crippen molar-refractivity contribution in [2.24, 2.45) is 0 Å². The fraction of sp³-hybridized carbons (Fsp3) is 0.222. The SMILES string of the molecule is CS(=O)c1ccccc1OCC(=O)O. The van der Waals surface area contributed by atoms with Gasteiger partial charge in [0.2, 0.25) is 0 Å². The lowest BCUT2D eigenvalue weighted by atomic mass is 10.3. The summed E-state index contributed by atoms with van der Waals surface area (Å²) in [4.78, 5) is 10.8. The highest BCUT2D eigenvalue weighted by atomic mass is 32.2. The van der Waals surface area contributed by atoms with Crippen LogP contribution in [0.3, 0.4) is 0 Å². The monoisotopic (exact) mass is 214 g/mol. The molecule has 4 nitrogen and oxygen atoms in total. The molecule has 0 aliphatic carbocycles. The van der Waals surface area contributed by atoms with Crippen LogP contribution in [0.5, 0.6) is 5.75 Å². The van der Waals surface area contributed by atoms with Crippen molar-refractivity contribution in [1.29, 1.82) is 0 Å². The Hall–Kier alpha value is -1.36. The zero-order valence-corrected chi connectivity index (χ0v) is 8.41. The van der Waals surface area contributed by atoms with Gasteiger partial charge in [-0.3, -0.25) is 4.21 Å². The third-order valence-electron chi connectivity index (χ3n) is 1.51. The van der Waals surface area contributed by atoms with E-state index in [1.54, 1.807) is 24.3 Å². The van der Waals surface area contributed by atoms with E-state index >= 15 is 0 Å². The molecule has 1 N–H and O–H groups in total. The molecule has 1 aromatic rings. The molecular formula is C9H10O4S. The van der Waals surface area contributed by atoms with Gasteiger partial charge in [0, 0.05) is 6.26 Å². The Balaban J connectivity index is 2.84. The number of hydrogen-bond acceptors (Lipinski definition) is 3. The van der Waals surface area contributed by atoms with Crippen LogP contribution in [0.1, 0.15) is 0 Å². The van der Waals surface area contributed by atoms with Gasteiger partial charge in [-0.2, -0.15) is 0 Å². The molecule has 0 heterocycles. The third-order valence-corrected chi connectivity index (χ3v) is 2.47. The molecule has 0 saturated heterocycles. The lowest BCUT2D eigenvalue weighted by molar-refractivity contribution is -0.139. The first-order valence-corrected chi connectivity index (χ1v) is 5.44. The van der Waals surface area contributed by atoms with Gasteiger partial charge in [-0.15, -0.1) is 0 Å². The second kappa shape index (κ2) is 4.76. The van der Waals surface area contributed by atoms with Crippen molar-refractivity contribution in [2.45, 2.75) is 4.90 Å². The van der Waals surface area contributed by atoms with E-state index in [1.807, 2.05) is 0 Å². The molecule has 1 rings (SSSR count). The number of carboxylic acid groups (broad SMARTS) is 1. The molecule has 0 aliphatic heterocycles. The zero-order chi connectivity index (χ0) is 10.6. The molecule has 0 fully saturated rings. The zero-order valence-electron chi connectivity index (χ0n) is 7.60. The van der Waals surface area contributed by atoms with Crippen LogP contribution >= 0.6 is 0 Å². The van der Waals surface area contributed by atoms with Crippen LogP contribution in [0, 0.1) is 0 Å². The van der Waals surface area contributed by atoms with E-state index in [9.17, 15) is 9.00 Å². The summed E-state index contributed by atoms with van der Waals surface area (Å²) in [6, 6.07) is 6.67. The molecule has 0 amide bonds. The molecule has 1 atom stereocenters. The van der Waals surface area contributed by atoms with Crippen molar-refractivity contribution in [1.82, 2.24) is 0 Å². The van der Waals surface area contributed by atoms with E-state index in [0.29, 0.717) is 10.6 Å². The highest BCUT2D eigenvalue weighted by molar-refractivity contribution is 7.84. The Morgan fingerprint density at radius 1 is 1.50 bits per heavy atom. The number of rotatable bonds is 4. The lowest BCUT2D eigenvalue weighted by Gasteiger charge is -2.06. The highest BCUT2D eigenvalue weighted by Gasteiger charge is 2.07. The number of hydrogen-bond donors (Lipinski definition) is 1. The highest BCUT2D eigenvalue weighted by Crippen LogP contribution is 2.20. The maximum Gasteiger partial charge on any atom is 0.341 e. The Bertz CT molecular complexity index is 362. The van der Waals surface area contributed by atoms with Crippen molar-refractivity contribution in [2.75, 3.05) is 12.9 Å². The Morgan fingerprint density at radius 3 is 2.71 bits per heavy atom. The van der Waals surface area contributed by atoms with Crippen LogP contribution in [0.25, 0.3) is 0 Å². The normalized spacial score (nSPS) is 12.1. The van der Waals surface area contributed by atoms with Gasteiger partial charge in [0.05, 0.1) is 15.7 Å². The summed E-state index contributed by atoms with van der Waals surface area (Å²) in [7, 11) is -1.17. The number of ether oxygens (including phenoxy) is 1. The van der Waals surface area contributed by atoms with Crippen LogP contribution in [0.2, 0.25) is 0 Å². The van der Waals surface area contributed by atoms with Crippen LogP contribution in [0.4, 0.5) is 0 Å². The van der Waals surface area contributed by atoms with Gasteiger partial charge in [0.1, 0.15) is 5.75 Å². The van der Waals surface area contributed by atoms with Crippen molar-refractivity contribution >= 4 is 16.8 Å². The second-order valence-corrected chi connectivity index (χ2v) is 3.93. The summed E-state index contributed by atoms with van der Waals surface area (Å²) in [6.07, 6.45) is 1.52. The van der Waals surface area contributed by atoms with E-state index in [0.717, 1.165) is 0 Å². The second-order valence-electron chi connectivity index (χ2n) is 2.58. The molecule has 0 saturated carbocycles. The average molecular weight is 214 g/mol. The maximum absolute atomic E-state index is 11.2. The summed E-state index contributed by atoms with van der Waals surface area (Å²) in [5.41, 5.74) is 0. The van der Waals surface area contributed by atoms with E-state index in [4.69, 9.17) is 9.84 Å². The van der Waals surface area contributed by atoms with E-state index in [-0.39, 0.29) is 0 Å². The third kappa shape index (κ3) is 2.85. The topological polar surface area (TPSA) is 63.6 Å². The van der Waals surface area contributed by atoms with Crippen molar-refractivity contribution < 1.29 is 18.8 Å². The maximum atomic E-state index is 11.2. The molecule has 1 aromatic carbocycles. The van der Waals surface area contributed by atoms with Crippen LogP contribution in [-0.4, -0.2) is 28.1 Å². The number of carbonyl (C=O) groups is 1. The summed E-state index contributed by atoms with van der Waals surface area (Å²) in [6.45, 7) is -0.422. The van der Waals surface area contributed by atoms with E-state index in [2.05, 4.69) is 0 Å². The van der Waals surface area contributed by atoms with Gasteiger partial charge in [0.25, 0.3) is 0 Å². The molecule has 0 aromatic heterocycles. The molecule has 0 bridgehead atoms. The Labute approximate surface area is 84.0 Å².